The predicted molar refractivity (Wildman–Crippen MR) is 39.7 cm³/mol. The van der Waals surface area contributed by atoms with Gasteiger partial charge in [0.2, 0.25) is 0 Å². The zero-order valence-electron chi connectivity index (χ0n) is 6.77. The van der Waals surface area contributed by atoms with E-state index in [4.69, 9.17) is 15.6 Å². The topological polar surface area (TPSA) is 75.7 Å². The molecule has 66 valence electrons. The molecule has 5 atom stereocenters. The Hall–Kier alpha value is -0.160. The molecule has 1 heterocycles. The third kappa shape index (κ3) is 1.54. The number of rotatable bonds is 0. The van der Waals surface area contributed by atoms with E-state index < -0.39 is 18.4 Å². The van der Waals surface area contributed by atoms with E-state index in [1.165, 1.54) is 0 Å². The van der Waals surface area contributed by atoms with E-state index in [2.05, 4.69) is 0 Å². The lowest BCUT2D eigenvalue weighted by atomic mass is 9.91. The molecule has 4 unspecified atom stereocenters. The number of aliphatic hydroxyl groups is 2. The van der Waals surface area contributed by atoms with Gasteiger partial charge in [-0.1, -0.05) is 6.92 Å². The summed E-state index contributed by atoms with van der Waals surface area (Å²) >= 11 is 0. The molecule has 0 saturated carbocycles. The molecule has 1 aliphatic heterocycles. The highest BCUT2D eigenvalue weighted by molar-refractivity contribution is 4.86. The van der Waals surface area contributed by atoms with Crippen LogP contribution in [0, 0.1) is 5.92 Å². The van der Waals surface area contributed by atoms with Gasteiger partial charge in [-0.25, -0.2) is 0 Å². The van der Waals surface area contributed by atoms with E-state index >= 15 is 0 Å². The molecule has 0 aromatic heterocycles. The maximum Gasteiger partial charge on any atom is 0.172 e. The normalized spacial score (nSPS) is 52.6. The summed E-state index contributed by atoms with van der Waals surface area (Å²) in [6.07, 6.45) is -1.84. The maximum absolute atomic E-state index is 9.42. The van der Waals surface area contributed by atoms with Crippen molar-refractivity contribution in [3.05, 3.63) is 0 Å². The molecule has 0 amide bonds. The maximum atomic E-state index is 9.42. The van der Waals surface area contributed by atoms with Crippen LogP contribution in [0.15, 0.2) is 0 Å². The molecule has 0 bridgehead atoms. The second-order valence-electron chi connectivity index (χ2n) is 3.16. The second kappa shape index (κ2) is 3.06. The van der Waals surface area contributed by atoms with Gasteiger partial charge in [0.1, 0.15) is 0 Å². The van der Waals surface area contributed by atoms with Crippen molar-refractivity contribution < 1.29 is 14.9 Å². The molecule has 1 fully saturated rings. The van der Waals surface area contributed by atoms with Crippen molar-refractivity contribution in [2.45, 2.75) is 38.4 Å². The monoisotopic (exact) mass is 161 g/mol. The van der Waals surface area contributed by atoms with Crippen molar-refractivity contribution in [3.8, 4) is 0 Å². The lowest BCUT2D eigenvalue weighted by Crippen LogP contribution is -2.56. The molecule has 0 aromatic carbocycles. The van der Waals surface area contributed by atoms with Gasteiger partial charge in [-0.15, -0.1) is 0 Å². The Morgan fingerprint density at radius 2 is 1.82 bits per heavy atom. The number of ether oxygens (including phenoxy) is 1. The van der Waals surface area contributed by atoms with Crippen molar-refractivity contribution in [3.63, 3.8) is 0 Å². The smallest absolute Gasteiger partial charge is 0.172 e. The summed E-state index contributed by atoms with van der Waals surface area (Å²) in [5.41, 5.74) is 5.45. The van der Waals surface area contributed by atoms with Gasteiger partial charge in [0, 0.05) is 5.92 Å². The highest BCUT2D eigenvalue weighted by Crippen LogP contribution is 2.22. The fraction of sp³-hybridized carbons (Fsp3) is 1.00. The van der Waals surface area contributed by atoms with E-state index in [1.807, 2.05) is 13.8 Å². The van der Waals surface area contributed by atoms with Crippen molar-refractivity contribution in [2.24, 2.45) is 11.7 Å². The molecule has 0 aliphatic carbocycles. The summed E-state index contributed by atoms with van der Waals surface area (Å²) in [5, 5.41) is 18.6. The Kier molecular flexibility index (Phi) is 2.49. The van der Waals surface area contributed by atoms with Gasteiger partial charge in [0.15, 0.2) is 6.29 Å². The van der Waals surface area contributed by atoms with Crippen molar-refractivity contribution >= 4 is 0 Å². The molecule has 0 aromatic rings. The van der Waals surface area contributed by atoms with Crippen LogP contribution >= 0.6 is 0 Å². The van der Waals surface area contributed by atoms with Gasteiger partial charge in [-0.05, 0) is 6.92 Å². The highest BCUT2D eigenvalue weighted by atomic mass is 16.6. The Balaban J connectivity index is 2.63. The highest BCUT2D eigenvalue weighted by Gasteiger charge is 2.37. The quantitative estimate of drug-likeness (QED) is 0.428. The summed E-state index contributed by atoms with van der Waals surface area (Å²) in [4.78, 5) is 0. The molecule has 1 saturated heterocycles. The van der Waals surface area contributed by atoms with Crippen molar-refractivity contribution in [1.29, 1.82) is 0 Å². The van der Waals surface area contributed by atoms with Crippen LogP contribution in [-0.2, 0) is 4.74 Å². The zero-order chi connectivity index (χ0) is 8.59. The van der Waals surface area contributed by atoms with Gasteiger partial charge in [0.05, 0.1) is 18.2 Å². The first-order valence-electron chi connectivity index (χ1n) is 3.81. The molecule has 1 aliphatic rings. The largest absolute Gasteiger partial charge is 0.391 e. The third-order valence-electron chi connectivity index (χ3n) is 2.36. The van der Waals surface area contributed by atoms with E-state index in [9.17, 15) is 5.11 Å². The molecule has 4 nitrogen and oxygen atoms in total. The number of nitrogens with two attached hydrogens (primary N) is 1. The van der Waals surface area contributed by atoms with Crippen LogP contribution in [0.3, 0.4) is 0 Å². The molecular formula is C7H15NO3. The molecule has 4 N–H and O–H groups in total. The van der Waals surface area contributed by atoms with Crippen LogP contribution in [-0.4, -0.2) is 34.8 Å². The minimum absolute atomic E-state index is 0.0200. The van der Waals surface area contributed by atoms with Crippen LogP contribution in [0.4, 0.5) is 0 Å². The van der Waals surface area contributed by atoms with Crippen LogP contribution in [0.5, 0.6) is 0 Å². The van der Waals surface area contributed by atoms with E-state index in [-0.39, 0.29) is 12.0 Å². The van der Waals surface area contributed by atoms with Gasteiger partial charge in [0.25, 0.3) is 0 Å². The number of aliphatic hydroxyl groups excluding tert-OH is 2. The molecule has 1 rings (SSSR count). The van der Waals surface area contributed by atoms with Crippen LogP contribution in [0.1, 0.15) is 13.8 Å². The average molecular weight is 161 g/mol. The fourth-order valence-electron chi connectivity index (χ4n) is 1.23. The van der Waals surface area contributed by atoms with Crippen LogP contribution < -0.4 is 5.73 Å². The average Bonchev–Trinajstić information content (AvgIpc) is 1.97. The number of hydrogen-bond donors (Lipinski definition) is 3. The molecule has 4 heteroatoms. The predicted octanol–water partition coefficient (Wildman–Crippen LogP) is -0.952. The van der Waals surface area contributed by atoms with Crippen LogP contribution in [0.25, 0.3) is 0 Å². The zero-order valence-corrected chi connectivity index (χ0v) is 6.77. The van der Waals surface area contributed by atoms with Crippen molar-refractivity contribution in [1.82, 2.24) is 0 Å². The minimum atomic E-state index is -1.03. The Morgan fingerprint density at radius 1 is 1.27 bits per heavy atom. The van der Waals surface area contributed by atoms with Gasteiger partial charge in [-0.3, -0.25) is 0 Å². The molecule has 11 heavy (non-hydrogen) atoms. The van der Waals surface area contributed by atoms with E-state index in [1.54, 1.807) is 0 Å². The number of hydrogen-bond acceptors (Lipinski definition) is 4. The second-order valence-corrected chi connectivity index (χ2v) is 3.16. The summed E-state index contributed by atoms with van der Waals surface area (Å²) in [7, 11) is 0. The minimum Gasteiger partial charge on any atom is -0.391 e. The molecule has 0 radical (unpaired) electrons. The van der Waals surface area contributed by atoms with Gasteiger partial charge in [-0.2, -0.15) is 0 Å². The first-order valence-corrected chi connectivity index (χ1v) is 3.81. The van der Waals surface area contributed by atoms with Crippen LogP contribution in [0.2, 0.25) is 0 Å². The first kappa shape index (κ1) is 8.93. The van der Waals surface area contributed by atoms with Crippen molar-refractivity contribution in [2.75, 3.05) is 0 Å². The summed E-state index contributed by atoms with van der Waals surface area (Å²) in [6.45, 7) is 3.66. The van der Waals surface area contributed by atoms with Gasteiger partial charge < -0.3 is 20.7 Å². The summed E-state index contributed by atoms with van der Waals surface area (Å²) in [6, 6.07) is -0.679. The Morgan fingerprint density at radius 3 is 2.36 bits per heavy atom. The first-order chi connectivity index (χ1) is 5.04. The van der Waals surface area contributed by atoms with E-state index in [0.29, 0.717) is 0 Å². The standard InChI is InChI=1S/C7H15NO3/c1-3-4(2)11-7(10)5(8)6(3)9/h3-7,9-10H,8H2,1-2H3/t3-,4?,5?,6?,7?/m1/s1. The third-order valence-corrected chi connectivity index (χ3v) is 2.36. The lowest BCUT2D eigenvalue weighted by Gasteiger charge is -2.38. The summed E-state index contributed by atoms with van der Waals surface area (Å²) in [5.74, 6) is -0.0200. The SMILES string of the molecule is CC1OC(O)C(N)C(O)[C@@H]1C. The lowest BCUT2D eigenvalue weighted by molar-refractivity contribution is -0.216. The van der Waals surface area contributed by atoms with E-state index in [0.717, 1.165) is 0 Å². The molecular weight excluding hydrogens is 146 g/mol. The van der Waals surface area contributed by atoms with Gasteiger partial charge >= 0.3 is 0 Å². The summed E-state index contributed by atoms with van der Waals surface area (Å²) < 4.78 is 5.05. The Labute approximate surface area is 66.0 Å². The fourth-order valence-corrected chi connectivity index (χ4v) is 1.23. The molecule has 0 spiro atoms. The Bertz CT molecular complexity index is 128.